The molecule has 1 heterocycles. The number of sulfone groups is 1. The Labute approximate surface area is 162 Å². The lowest BCUT2D eigenvalue weighted by Crippen LogP contribution is -2.28. The summed E-state index contributed by atoms with van der Waals surface area (Å²) in [4.78, 5) is 0.704. The summed E-state index contributed by atoms with van der Waals surface area (Å²) in [5, 5.41) is -1.13. The van der Waals surface area contributed by atoms with E-state index in [0.29, 0.717) is 6.07 Å². The van der Waals surface area contributed by atoms with E-state index >= 15 is 0 Å². The molecule has 158 valence electrons. The van der Waals surface area contributed by atoms with Crippen molar-refractivity contribution in [3.05, 3.63) is 54.1 Å². The average molecular weight is 439 g/mol. The Morgan fingerprint density at radius 2 is 1.66 bits per heavy atom. The van der Waals surface area contributed by atoms with Gasteiger partial charge < -0.3 is 9.64 Å². The number of anilines is 1. The fourth-order valence-corrected chi connectivity index (χ4v) is 5.13. The molecular weight excluding hydrogens is 424 g/mol. The molecule has 11 heteroatoms. The second-order valence-corrected chi connectivity index (χ2v) is 8.64. The van der Waals surface area contributed by atoms with Crippen molar-refractivity contribution in [3.63, 3.8) is 0 Å². The van der Waals surface area contributed by atoms with Crippen LogP contribution >= 0.6 is 0 Å². The molecular formula is C18H15F6NO3S. The highest BCUT2D eigenvalue weighted by molar-refractivity contribution is 7.92. The number of halogens is 6. The van der Waals surface area contributed by atoms with Crippen LogP contribution < -0.4 is 9.64 Å². The van der Waals surface area contributed by atoms with Gasteiger partial charge in [-0.2, -0.15) is 13.2 Å². The molecule has 0 saturated carbocycles. The van der Waals surface area contributed by atoms with Crippen LogP contribution in [0.4, 0.5) is 32.0 Å². The Morgan fingerprint density at radius 1 is 0.966 bits per heavy atom. The van der Waals surface area contributed by atoms with Crippen molar-refractivity contribution >= 4 is 15.5 Å². The van der Waals surface area contributed by atoms with Crippen molar-refractivity contribution in [2.75, 3.05) is 18.0 Å². The minimum atomic E-state index is -4.88. The molecule has 0 N–H and O–H groups in total. The van der Waals surface area contributed by atoms with Gasteiger partial charge in [-0.25, -0.2) is 8.42 Å². The maximum atomic E-state index is 13.2. The molecule has 0 radical (unpaired) electrons. The van der Waals surface area contributed by atoms with Gasteiger partial charge in [-0.15, -0.1) is 13.2 Å². The fraction of sp³-hybridized carbons (Fsp3) is 0.333. The highest BCUT2D eigenvalue weighted by Gasteiger charge is 2.41. The zero-order chi connectivity index (χ0) is 21.4. The van der Waals surface area contributed by atoms with Crippen LogP contribution in [0.3, 0.4) is 0 Å². The van der Waals surface area contributed by atoms with Gasteiger partial charge in [0.25, 0.3) is 0 Å². The Morgan fingerprint density at radius 3 is 2.31 bits per heavy atom. The Bertz CT molecular complexity index is 988. The molecule has 0 bridgehead atoms. The topological polar surface area (TPSA) is 46.6 Å². The summed E-state index contributed by atoms with van der Waals surface area (Å²) in [5.74, 6) is -0.469. The first kappa shape index (κ1) is 21.3. The van der Waals surface area contributed by atoms with Crippen LogP contribution in [0.2, 0.25) is 0 Å². The summed E-state index contributed by atoms with van der Waals surface area (Å²) in [7, 11) is -4.31. The quantitative estimate of drug-likeness (QED) is 0.651. The fourth-order valence-electron chi connectivity index (χ4n) is 3.22. The maximum absolute atomic E-state index is 13.2. The van der Waals surface area contributed by atoms with Crippen molar-refractivity contribution in [1.29, 1.82) is 0 Å². The van der Waals surface area contributed by atoms with Crippen LogP contribution in [-0.4, -0.2) is 33.1 Å². The van der Waals surface area contributed by atoms with E-state index in [4.69, 9.17) is 0 Å². The number of hydrogen-bond donors (Lipinski definition) is 0. The van der Waals surface area contributed by atoms with Gasteiger partial charge in [0, 0.05) is 24.8 Å². The van der Waals surface area contributed by atoms with Gasteiger partial charge in [0.2, 0.25) is 0 Å². The Hall–Kier alpha value is -2.43. The summed E-state index contributed by atoms with van der Waals surface area (Å²) in [6.07, 6.45) is -9.67. The van der Waals surface area contributed by atoms with E-state index in [2.05, 4.69) is 4.74 Å². The zero-order valence-corrected chi connectivity index (χ0v) is 15.5. The molecule has 1 unspecified atom stereocenters. The van der Waals surface area contributed by atoms with Crippen molar-refractivity contribution < 1.29 is 39.5 Å². The molecule has 4 nitrogen and oxygen atoms in total. The summed E-state index contributed by atoms with van der Waals surface area (Å²) in [6, 6.07) is 8.93. The molecule has 3 rings (SSSR count). The lowest BCUT2D eigenvalue weighted by molar-refractivity contribution is -0.274. The Kier molecular flexibility index (Phi) is 5.46. The number of rotatable bonds is 4. The number of ether oxygens (including phenoxy) is 1. The van der Waals surface area contributed by atoms with Crippen molar-refractivity contribution in [2.45, 2.75) is 29.1 Å². The van der Waals surface area contributed by atoms with Crippen LogP contribution in [0.1, 0.15) is 12.0 Å². The highest BCUT2D eigenvalue weighted by atomic mass is 32.2. The van der Waals surface area contributed by atoms with Crippen LogP contribution in [0.15, 0.2) is 53.4 Å². The molecule has 0 amide bonds. The lowest BCUT2D eigenvalue weighted by Gasteiger charge is -2.20. The second-order valence-electron chi connectivity index (χ2n) is 6.44. The van der Waals surface area contributed by atoms with E-state index in [1.165, 1.54) is 23.1 Å². The van der Waals surface area contributed by atoms with Crippen LogP contribution in [0, 0.1) is 0 Å². The van der Waals surface area contributed by atoms with Gasteiger partial charge in [-0.05, 0) is 30.7 Å². The van der Waals surface area contributed by atoms with E-state index in [1.54, 1.807) is 0 Å². The van der Waals surface area contributed by atoms with Gasteiger partial charge >= 0.3 is 12.5 Å². The first-order chi connectivity index (χ1) is 13.4. The first-order valence-electron chi connectivity index (χ1n) is 8.39. The van der Waals surface area contributed by atoms with Crippen molar-refractivity contribution in [2.24, 2.45) is 0 Å². The van der Waals surface area contributed by atoms with E-state index < -0.39 is 43.8 Å². The third kappa shape index (κ3) is 4.77. The van der Waals surface area contributed by atoms with Gasteiger partial charge in [0.15, 0.2) is 9.84 Å². The summed E-state index contributed by atoms with van der Waals surface area (Å²) < 4.78 is 106. The van der Waals surface area contributed by atoms with Crippen LogP contribution in [-0.2, 0) is 16.0 Å². The van der Waals surface area contributed by atoms with Crippen LogP contribution in [0.25, 0.3) is 0 Å². The first-order valence-corrected chi connectivity index (χ1v) is 9.93. The number of hydrogen-bond acceptors (Lipinski definition) is 4. The summed E-state index contributed by atoms with van der Waals surface area (Å²) in [5.41, 5.74) is -0.951. The van der Waals surface area contributed by atoms with Gasteiger partial charge in [-0.3, -0.25) is 0 Å². The molecule has 1 atom stereocenters. The summed E-state index contributed by atoms with van der Waals surface area (Å²) in [6.45, 7) is 0.0115. The SMILES string of the molecule is O=S(=O)(c1ccccc1C(F)(F)F)C1CCN(c2cccc(OC(F)(F)F)c2)C1. The largest absolute Gasteiger partial charge is 0.573 e. The minimum Gasteiger partial charge on any atom is -0.406 e. The predicted octanol–water partition coefficient (Wildman–Crippen LogP) is 4.66. The molecule has 1 saturated heterocycles. The molecule has 2 aromatic rings. The van der Waals surface area contributed by atoms with E-state index in [0.717, 1.165) is 24.3 Å². The van der Waals surface area contributed by atoms with E-state index in [1.807, 2.05) is 0 Å². The average Bonchev–Trinajstić information content (AvgIpc) is 3.11. The number of benzene rings is 2. The molecule has 29 heavy (non-hydrogen) atoms. The van der Waals surface area contributed by atoms with Gasteiger partial charge in [0.05, 0.1) is 15.7 Å². The monoisotopic (exact) mass is 439 g/mol. The number of alkyl halides is 6. The maximum Gasteiger partial charge on any atom is 0.573 e. The van der Waals surface area contributed by atoms with Crippen molar-refractivity contribution in [1.82, 2.24) is 0 Å². The Balaban J connectivity index is 1.84. The smallest absolute Gasteiger partial charge is 0.406 e. The lowest BCUT2D eigenvalue weighted by atomic mass is 10.2. The summed E-state index contributed by atoms with van der Waals surface area (Å²) >= 11 is 0. The third-order valence-corrected chi connectivity index (χ3v) is 6.73. The molecule has 0 aromatic heterocycles. The second kappa shape index (κ2) is 7.43. The number of nitrogens with zero attached hydrogens (tertiary/aromatic N) is 1. The van der Waals surface area contributed by atoms with E-state index in [-0.39, 0.29) is 25.2 Å². The normalized spacial score (nSPS) is 18.1. The predicted molar refractivity (Wildman–Crippen MR) is 92.4 cm³/mol. The standard InChI is InChI=1S/C18H15F6NO3S/c19-17(20,21)15-6-1-2-7-16(15)29(26,27)14-8-9-25(11-14)12-4-3-5-13(10-12)28-18(22,23)24/h1-7,10,14H,8-9,11H2. The van der Waals surface area contributed by atoms with Gasteiger partial charge in [-0.1, -0.05) is 18.2 Å². The molecule has 1 aliphatic rings. The van der Waals surface area contributed by atoms with Crippen LogP contribution in [0.5, 0.6) is 5.75 Å². The van der Waals surface area contributed by atoms with Crippen molar-refractivity contribution in [3.8, 4) is 5.75 Å². The molecule has 0 aliphatic carbocycles. The molecule has 1 aliphatic heterocycles. The molecule has 2 aromatic carbocycles. The minimum absolute atomic E-state index is 0.0406. The zero-order valence-electron chi connectivity index (χ0n) is 14.7. The third-order valence-electron chi connectivity index (χ3n) is 4.50. The van der Waals surface area contributed by atoms with E-state index in [9.17, 15) is 34.8 Å². The molecule has 1 fully saturated rings. The molecule has 0 spiro atoms. The highest BCUT2D eigenvalue weighted by Crippen LogP contribution is 2.37. The van der Waals surface area contributed by atoms with Gasteiger partial charge in [0.1, 0.15) is 5.75 Å².